The van der Waals surface area contributed by atoms with E-state index in [0.29, 0.717) is 18.9 Å². The summed E-state index contributed by atoms with van der Waals surface area (Å²) < 4.78 is 8.45. The van der Waals surface area contributed by atoms with E-state index in [4.69, 9.17) is 9.72 Å². The molecule has 1 unspecified atom stereocenters. The number of nitrogens with zero attached hydrogens (tertiary/aromatic N) is 2. The third-order valence-electron chi connectivity index (χ3n) is 6.89. The summed E-state index contributed by atoms with van der Waals surface area (Å²) >= 11 is 0. The average molecular weight is 498 g/mol. The number of aromatic nitrogens is 2. The van der Waals surface area contributed by atoms with Crippen LogP contribution in [0.4, 0.5) is 0 Å². The number of rotatable bonds is 11. The zero-order valence-corrected chi connectivity index (χ0v) is 22.8. The fraction of sp³-hybridized carbons (Fsp3) is 0.375. The number of hydrogen-bond donors (Lipinski definition) is 1. The van der Waals surface area contributed by atoms with E-state index in [9.17, 15) is 4.79 Å². The maximum atomic E-state index is 12.8. The lowest BCUT2D eigenvalue weighted by Gasteiger charge is -2.17. The van der Waals surface area contributed by atoms with E-state index in [1.807, 2.05) is 56.3 Å². The van der Waals surface area contributed by atoms with Gasteiger partial charge in [0.2, 0.25) is 5.91 Å². The van der Waals surface area contributed by atoms with Crippen molar-refractivity contribution in [3.8, 4) is 5.75 Å². The van der Waals surface area contributed by atoms with Gasteiger partial charge in [-0.25, -0.2) is 4.98 Å². The Morgan fingerprint density at radius 3 is 2.51 bits per heavy atom. The number of aryl methyl sites for hydroxylation is 3. The van der Waals surface area contributed by atoms with Crippen LogP contribution in [0.2, 0.25) is 0 Å². The van der Waals surface area contributed by atoms with Crippen LogP contribution in [0.5, 0.6) is 5.75 Å². The summed E-state index contributed by atoms with van der Waals surface area (Å²) in [5, 5.41) is 3.17. The summed E-state index contributed by atoms with van der Waals surface area (Å²) in [5.74, 6) is 2.32. The number of ether oxygens (including phenoxy) is 1. The van der Waals surface area contributed by atoms with E-state index in [-0.39, 0.29) is 11.9 Å². The van der Waals surface area contributed by atoms with Crippen LogP contribution in [0, 0.1) is 13.8 Å². The van der Waals surface area contributed by atoms with Gasteiger partial charge in [0.15, 0.2) is 0 Å². The highest BCUT2D eigenvalue weighted by molar-refractivity contribution is 5.80. The minimum Gasteiger partial charge on any atom is -0.493 e. The number of amides is 1. The smallest absolute Gasteiger partial charge is 0.225 e. The van der Waals surface area contributed by atoms with E-state index in [2.05, 4.69) is 54.9 Å². The summed E-state index contributed by atoms with van der Waals surface area (Å²) in [5.41, 5.74) is 6.70. The molecule has 1 aromatic heterocycles. The number of carbonyl (C=O) groups excluding carboxylic acids is 1. The third-order valence-corrected chi connectivity index (χ3v) is 6.89. The molecule has 1 heterocycles. The molecule has 0 aliphatic heterocycles. The minimum absolute atomic E-state index is 0.00733. The predicted octanol–water partition coefficient (Wildman–Crippen LogP) is 7.06. The molecule has 0 spiro atoms. The Kier molecular flexibility index (Phi) is 8.65. The Morgan fingerprint density at radius 1 is 0.973 bits per heavy atom. The molecule has 0 radical (unpaired) electrons. The van der Waals surface area contributed by atoms with Gasteiger partial charge in [-0.05, 0) is 80.0 Å². The highest BCUT2D eigenvalue weighted by Gasteiger charge is 2.19. The third kappa shape index (κ3) is 6.59. The Balaban J connectivity index is 1.40. The second-order valence-corrected chi connectivity index (χ2v) is 10.3. The molecular weight excluding hydrogens is 458 g/mol. The van der Waals surface area contributed by atoms with Crippen molar-refractivity contribution in [3.05, 3.63) is 94.8 Å². The van der Waals surface area contributed by atoms with Crippen LogP contribution in [0.15, 0.2) is 66.7 Å². The molecule has 37 heavy (non-hydrogen) atoms. The quantitative estimate of drug-likeness (QED) is 0.226. The number of hydrogen-bond acceptors (Lipinski definition) is 3. The Morgan fingerprint density at radius 2 is 1.73 bits per heavy atom. The fourth-order valence-corrected chi connectivity index (χ4v) is 4.80. The molecular formula is C32H39N3O2. The molecule has 0 saturated carbocycles. The second-order valence-electron chi connectivity index (χ2n) is 10.3. The molecule has 5 heteroatoms. The second kappa shape index (κ2) is 12.1. The van der Waals surface area contributed by atoms with Gasteiger partial charge in [0.05, 0.1) is 30.1 Å². The first-order valence-electron chi connectivity index (χ1n) is 13.4. The topological polar surface area (TPSA) is 56.1 Å². The van der Waals surface area contributed by atoms with E-state index >= 15 is 0 Å². The van der Waals surface area contributed by atoms with Gasteiger partial charge in [0, 0.05) is 6.54 Å². The van der Waals surface area contributed by atoms with Gasteiger partial charge in [-0.3, -0.25) is 4.79 Å². The van der Waals surface area contributed by atoms with E-state index in [1.54, 1.807) is 0 Å². The molecule has 4 aromatic rings. The van der Waals surface area contributed by atoms with Crippen LogP contribution in [0.25, 0.3) is 11.0 Å². The lowest BCUT2D eigenvalue weighted by Crippen LogP contribution is -2.30. The Hall–Kier alpha value is -3.60. The van der Waals surface area contributed by atoms with Gasteiger partial charge in [0.25, 0.3) is 0 Å². The summed E-state index contributed by atoms with van der Waals surface area (Å²) in [6, 6.07) is 22.5. The first-order chi connectivity index (χ1) is 17.8. The molecule has 1 amide bonds. The van der Waals surface area contributed by atoms with Gasteiger partial charge in [-0.15, -0.1) is 0 Å². The van der Waals surface area contributed by atoms with Crippen molar-refractivity contribution in [2.24, 2.45) is 0 Å². The van der Waals surface area contributed by atoms with Crippen molar-refractivity contribution in [3.63, 3.8) is 0 Å². The van der Waals surface area contributed by atoms with Crippen LogP contribution < -0.4 is 10.1 Å². The van der Waals surface area contributed by atoms with E-state index < -0.39 is 0 Å². The molecule has 0 aliphatic carbocycles. The number of benzene rings is 3. The minimum atomic E-state index is -0.193. The average Bonchev–Trinajstić information content (AvgIpc) is 3.24. The summed E-state index contributed by atoms with van der Waals surface area (Å²) in [7, 11) is 0. The molecule has 1 atom stereocenters. The first-order valence-corrected chi connectivity index (χ1v) is 13.4. The SMILES string of the molecule is Cc1ccc(C(C)C)c(OCCCCn2c(C(C)NC(=O)Cc3ccccc3C)nc3ccccc32)c1. The van der Waals surface area contributed by atoms with Crippen molar-refractivity contribution >= 4 is 16.9 Å². The van der Waals surface area contributed by atoms with Crippen LogP contribution in [-0.4, -0.2) is 22.1 Å². The molecule has 194 valence electrons. The maximum absolute atomic E-state index is 12.8. The van der Waals surface area contributed by atoms with Gasteiger partial charge in [-0.1, -0.05) is 62.4 Å². The van der Waals surface area contributed by atoms with Gasteiger partial charge >= 0.3 is 0 Å². The zero-order chi connectivity index (χ0) is 26.4. The molecule has 0 saturated heterocycles. The van der Waals surface area contributed by atoms with Crippen LogP contribution in [-0.2, 0) is 17.8 Å². The van der Waals surface area contributed by atoms with Crippen LogP contribution in [0.1, 0.15) is 73.7 Å². The molecule has 3 aromatic carbocycles. The zero-order valence-electron chi connectivity index (χ0n) is 22.8. The number of nitrogens with one attached hydrogen (secondary N) is 1. The highest BCUT2D eigenvalue weighted by atomic mass is 16.5. The molecule has 0 fully saturated rings. The van der Waals surface area contributed by atoms with Gasteiger partial charge in [-0.2, -0.15) is 0 Å². The molecule has 0 aliphatic rings. The molecule has 4 rings (SSSR count). The Labute approximate surface area is 220 Å². The van der Waals surface area contributed by atoms with E-state index in [1.165, 1.54) is 11.1 Å². The number of imidazole rings is 1. The maximum Gasteiger partial charge on any atom is 0.225 e. The fourth-order valence-electron chi connectivity index (χ4n) is 4.80. The number of fused-ring (bicyclic) bond motifs is 1. The lowest BCUT2D eigenvalue weighted by molar-refractivity contribution is -0.121. The highest BCUT2D eigenvalue weighted by Crippen LogP contribution is 2.28. The van der Waals surface area contributed by atoms with Crippen LogP contribution >= 0.6 is 0 Å². The molecule has 1 N–H and O–H groups in total. The largest absolute Gasteiger partial charge is 0.493 e. The number of unbranched alkanes of at least 4 members (excludes halogenated alkanes) is 1. The molecule has 5 nitrogen and oxygen atoms in total. The Bertz CT molecular complexity index is 1360. The standard InChI is InChI=1S/C32H39N3O2/c1-22(2)27-17-16-23(3)20-30(27)37-19-11-10-18-35-29-15-9-8-14-28(29)34-32(35)25(5)33-31(36)21-26-13-7-6-12-24(26)4/h6-9,12-17,20,22,25H,10-11,18-19,21H2,1-5H3,(H,33,36). The van der Waals surface area contributed by atoms with E-state index in [0.717, 1.165) is 53.1 Å². The summed E-state index contributed by atoms with van der Waals surface area (Å²) in [6.07, 6.45) is 2.26. The molecule has 0 bridgehead atoms. The van der Waals surface area contributed by atoms with Crippen molar-refractivity contribution < 1.29 is 9.53 Å². The van der Waals surface area contributed by atoms with Crippen molar-refractivity contribution in [2.75, 3.05) is 6.61 Å². The normalized spacial score (nSPS) is 12.2. The first kappa shape index (κ1) is 26.5. The van der Waals surface area contributed by atoms with Crippen molar-refractivity contribution in [1.82, 2.24) is 14.9 Å². The van der Waals surface area contributed by atoms with Crippen molar-refractivity contribution in [1.29, 1.82) is 0 Å². The monoisotopic (exact) mass is 497 g/mol. The van der Waals surface area contributed by atoms with Crippen LogP contribution in [0.3, 0.4) is 0 Å². The predicted molar refractivity (Wildman–Crippen MR) is 151 cm³/mol. The summed E-state index contributed by atoms with van der Waals surface area (Å²) in [6.45, 7) is 12.0. The van der Waals surface area contributed by atoms with Gasteiger partial charge in [0.1, 0.15) is 11.6 Å². The lowest BCUT2D eigenvalue weighted by atomic mass is 10.0. The van der Waals surface area contributed by atoms with Crippen molar-refractivity contribution in [2.45, 2.75) is 72.4 Å². The van der Waals surface area contributed by atoms with Gasteiger partial charge < -0.3 is 14.6 Å². The summed E-state index contributed by atoms with van der Waals surface area (Å²) in [4.78, 5) is 17.7. The number of carbonyl (C=O) groups is 1. The number of para-hydroxylation sites is 2.